The molecule has 188 valence electrons. The molecule has 0 unspecified atom stereocenters. The summed E-state index contributed by atoms with van der Waals surface area (Å²) in [5, 5.41) is 7.81. The summed E-state index contributed by atoms with van der Waals surface area (Å²) >= 11 is 6.67. The second kappa shape index (κ2) is 9.87. The maximum absolute atomic E-state index is 13.5. The maximum Gasteiger partial charge on any atom is 0.416 e. The van der Waals surface area contributed by atoms with E-state index in [9.17, 15) is 22.8 Å². The van der Waals surface area contributed by atoms with Gasteiger partial charge in [0.2, 0.25) is 0 Å². The number of fused-ring (bicyclic) bond motifs is 1. The summed E-state index contributed by atoms with van der Waals surface area (Å²) in [6, 6.07) is 8.71. The van der Waals surface area contributed by atoms with Crippen LogP contribution in [0.3, 0.4) is 0 Å². The average Bonchev–Trinajstić information content (AvgIpc) is 3.54. The lowest BCUT2D eigenvalue weighted by Gasteiger charge is -2.18. The minimum Gasteiger partial charge on any atom is -0.302 e. The van der Waals surface area contributed by atoms with Crippen LogP contribution in [0, 0.1) is 0 Å². The molecule has 2 fully saturated rings. The summed E-state index contributed by atoms with van der Waals surface area (Å²) in [6.07, 6.45) is -0.655. The fourth-order valence-electron chi connectivity index (χ4n) is 4.40. The summed E-state index contributed by atoms with van der Waals surface area (Å²) < 4.78 is 41.8. The van der Waals surface area contributed by atoms with Crippen molar-refractivity contribution >= 4 is 51.6 Å². The molecule has 0 N–H and O–H groups in total. The van der Waals surface area contributed by atoms with E-state index < -0.39 is 11.7 Å². The van der Waals surface area contributed by atoms with Crippen molar-refractivity contribution in [1.29, 1.82) is 0 Å². The third-order valence-electron chi connectivity index (χ3n) is 6.25. The highest BCUT2D eigenvalue weighted by molar-refractivity contribution is 8.18. The van der Waals surface area contributed by atoms with Crippen LogP contribution in [0.15, 0.2) is 41.3 Å². The zero-order valence-corrected chi connectivity index (χ0v) is 20.5. The number of carbonyl (C=O) groups excluding carboxylic acids is 2. The molecular formula is C24H21ClF3N5O2S. The van der Waals surface area contributed by atoms with E-state index in [1.54, 1.807) is 24.3 Å². The molecule has 0 atom stereocenters. The zero-order valence-electron chi connectivity index (χ0n) is 19.0. The minimum absolute atomic E-state index is 0.000348. The molecule has 12 heteroatoms. The summed E-state index contributed by atoms with van der Waals surface area (Å²) in [4.78, 5) is 29.0. The lowest BCUT2D eigenvalue weighted by molar-refractivity contribution is -0.138. The number of alkyl halides is 3. The van der Waals surface area contributed by atoms with Gasteiger partial charge in [-0.2, -0.15) is 13.2 Å². The van der Waals surface area contributed by atoms with Crippen LogP contribution < -0.4 is 0 Å². The fraction of sp³-hybridized carbons (Fsp3) is 0.333. The Bertz CT molecular complexity index is 1370. The number of carbonyl (C=O) groups is 2. The van der Waals surface area contributed by atoms with E-state index in [-0.39, 0.29) is 28.3 Å². The topological polar surface area (TPSA) is 71.3 Å². The largest absolute Gasteiger partial charge is 0.416 e. The number of rotatable bonds is 6. The highest BCUT2D eigenvalue weighted by Crippen LogP contribution is 2.35. The molecule has 0 bridgehead atoms. The van der Waals surface area contributed by atoms with Gasteiger partial charge in [0.05, 0.1) is 22.5 Å². The molecule has 5 rings (SSSR count). The van der Waals surface area contributed by atoms with Gasteiger partial charge in [-0.05, 0) is 79.2 Å². The Labute approximate surface area is 213 Å². The number of benzene rings is 2. The van der Waals surface area contributed by atoms with Crippen LogP contribution >= 0.6 is 23.4 Å². The maximum atomic E-state index is 13.5. The van der Waals surface area contributed by atoms with Gasteiger partial charge >= 0.3 is 6.18 Å². The van der Waals surface area contributed by atoms with Crippen molar-refractivity contribution in [2.45, 2.75) is 25.6 Å². The Morgan fingerprint density at radius 3 is 2.58 bits per heavy atom. The van der Waals surface area contributed by atoms with Crippen LogP contribution in [0.5, 0.6) is 0 Å². The molecule has 2 aliphatic heterocycles. The van der Waals surface area contributed by atoms with Gasteiger partial charge < -0.3 is 4.90 Å². The van der Waals surface area contributed by atoms with E-state index in [1.807, 2.05) is 0 Å². The van der Waals surface area contributed by atoms with Gasteiger partial charge in [0.15, 0.2) is 0 Å². The number of hydrogen-bond donors (Lipinski definition) is 0. The van der Waals surface area contributed by atoms with E-state index in [1.165, 1.54) is 21.7 Å². The minimum atomic E-state index is -4.55. The van der Waals surface area contributed by atoms with Crippen molar-refractivity contribution in [2.75, 3.05) is 26.2 Å². The Morgan fingerprint density at radius 2 is 1.83 bits per heavy atom. The van der Waals surface area contributed by atoms with Crippen LogP contribution in [-0.2, 0) is 17.5 Å². The normalized spacial score (nSPS) is 18.3. The number of aromatic nitrogens is 3. The van der Waals surface area contributed by atoms with Gasteiger partial charge in [-0.3, -0.25) is 14.5 Å². The van der Waals surface area contributed by atoms with Gasteiger partial charge in [0, 0.05) is 18.1 Å². The third-order valence-corrected chi connectivity index (χ3v) is 7.39. The van der Waals surface area contributed by atoms with Crippen LogP contribution in [0.2, 0.25) is 5.02 Å². The van der Waals surface area contributed by atoms with Gasteiger partial charge in [0.25, 0.3) is 11.1 Å². The van der Waals surface area contributed by atoms with Crippen molar-refractivity contribution in [3.05, 3.63) is 63.0 Å². The summed E-state index contributed by atoms with van der Waals surface area (Å²) in [6.45, 7) is 2.87. The first-order chi connectivity index (χ1) is 17.2. The van der Waals surface area contributed by atoms with E-state index in [4.69, 9.17) is 11.6 Å². The lowest BCUT2D eigenvalue weighted by atomic mass is 10.1. The predicted octanol–water partition coefficient (Wildman–Crippen LogP) is 5.28. The third kappa shape index (κ3) is 5.14. The fourth-order valence-corrected chi connectivity index (χ4v) is 5.44. The van der Waals surface area contributed by atoms with Crippen molar-refractivity contribution in [2.24, 2.45) is 0 Å². The summed E-state index contributed by atoms with van der Waals surface area (Å²) in [5.41, 5.74) is 0.830. The first-order valence-electron chi connectivity index (χ1n) is 11.4. The number of halogens is 4. The number of amides is 2. The van der Waals surface area contributed by atoms with E-state index in [0.717, 1.165) is 43.8 Å². The molecule has 0 spiro atoms. The van der Waals surface area contributed by atoms with Crippen molar-refractivity contribution in [1.82, 2.24) is 24.8 Å². The predicted molar refractivity (Wildman–Crippen MR) is 131 cm³/mol. The number of nitrogens with zero attached hydrogens (tertiary/aromatic N) is 5. The highest BCUT2D eigenvalue weighted by Gasteiger charge is 2.35. The second-order valence-corrected chi connectivity index (χ2v) is 10.1. The number of likely N-dealkylation sites (tertiary alicyclic amines) is 1. The number of thioether (sulfide) groups is 1. The van der Waals surface area contributed by atoms with Gasteiger partial charge in [-0.1, -0.05) is 28.9 Å². The molecule has 2 aromatic carbocycles. The van der Waals surface area contributed by atoms with Crippen molar-refractivity contribution in [3.63, 3.8) is 0 Å². The average molecular weight is 536 g/mol. The molecule has 7 nitrogen and oxygen atoms in total. The number of imide groups is 1. The standard InChI is InChI=1S/C24H21ClF3N5O2S/c25-17-5-4-16(18(13-17)24(26,27)28)14-33-20-6-3-15(11-19(20)29-30-33)12-21-22(34)32(23(35)36-21)10-9-31-7-1-2-8-31/h3-6,11-13H,1-2,7-10,14H2. The Hall–Kier alpha value is -2.89. The highest BCUT2D eigenvalue weighted by atomic mass is 35.5. The van der Waals surface area contributed by atoms with Crippen molar-refractivity contribution < 1.29 is 22.8 Å². The monoisotopic (exact) mass is 535 g/mol. The molecule has 0 aliphatic carbocycles. The summed E-state index contributed by atoms with van der Waals surface area (Å²) in [5.74, 6) is -0.324. The Morgan fingerprint density at radius 1 is 1.06 bits per heavy atom. The molecule has 2 saturated heterocycles. The molecule has 36 heavy (non-hydrogen) atoms. The molecule has 1 aromatic heterocycles. The van der Waals surface area contributed by atoms with Crippen LogP contribution in [0.4, 0.5) is 18.0 Å². The van der Waals surface area contributed by atoms with E-state index >= 15 is 0 Å². The van der Waals surface area contributed by atoms with E-state index in [2.05, 4.69) is 15.2 Å². The smallest absolute Gasteiger partial charge is 0.302 e. The van der Waals surface area contributed by atoms with Gasteiger partial charge in [-0.25, -0.2) is 4.68 Å². The quantitative estimate of drug-likeness (QED) is 0.400. The zero-order chi connectivity index (χ0) is 25.4. The van der Waals surface area contributed by atoms with Gasteiger partial charge in [0.1, 0.15) is 5.52 Å². The molecule has 2 aliphatic rings. The molecule has 2 amide bonds. The van der Waals surface area contributed by atoms with Crippen LogP contribution in [0.25, 0.3) is 17.1 Å². The Kier molecular flexibility index (Phi) is 6.80. The lowest BCUT2D eigenvalue weighted by Crippen LogP contribution is -2.36. The first-order valence-corrected chi connectivity index (χ1v) is 12.5. The van der Waals surface area contributed by atoms with Crippen LogP contribution in [-0.4, -0.2) is 62.1 Å². The van der Waals surface area contributed by atoms with Crippen LogP contribution in [0.1, 0.15) is 29.5 Å². The Balaban J connectivity index is 1.34. The first kappa shape index (κ1) is 24.8. The molecule has 0 saturated carbocycles. The SMILES string of the molecule is O=C1SC(=Cc2ccc3c(c2)nnn3Cc2ccc(Cl)cc2C(F)(F)F)C(=O)N1CCN1CCCC1. The summed E-state index contributed by atoms with van der Waals surface area (Å²) in [7, 11) is 0. The molecule has 0 radical (unpaired) electrons. The second-order valence-electron chi connectivity index (χ2n) is 8.68. The molecule has 3 heterocycles. The number of hydrogen-bond acceptors (Lipinski definition) is 6. The van der Waals surface area contributed by atoms with E-state index in [0.29, 0.717) is 34.6 Å². The molecule has 3 aromatic rings. The van der Waals surface area contributed by atoms with Crippen molar-refractivity contribution in [3.8, 4) is 0 Å². The van der Waals surface area contributed by atoms with Gasteiger partial charge in [-0.15, -0.1) is 5.10 Å². The molecular weight excluding hydrogens is 515 g/mol.